The minimum Gasteiger partial charge on any atom is -0.310 e. The molecule has 0 N–H and O–H groups in total. The number of nitrogens with zero attached hydrogens (tertiary/aromatic N) is 2. The summed E-state index contributed by atoms with van der Waals surface area (Å²) < 4.78 is 0. The Hall–Kier alpha value is -8.20. The number of para-hydroxylation sites is 1. The van der Waals surface area contributed by atoms with E-state index < -0.39 is 0 Å². The van der Waals surface area contributed by atoms with E-state index in [1.165, 1.54) is 66.8 Å². The maximum atomic E-state index is 2.42. The van der Waals surface area contributed by atoms with Gasteiger partial charge < -0.3 is 9.80 Å². The number of hydrogen-bond donors (Lipinski definition) is 0. The summed E-state index contributed by atoms with van der Waals surface area (Å²) in [4.78, 5) is 4.78. The molecule has 10 aromatic carbocycles. The topological polar surface area (TPSA) is 6.48 Å². The Kier molecular flexibility index (Phi) is 10.3. The molecule has 0 unspecified atom stereocenters. The van der Waals surface area contributed by atoms with Crippen molar-refractivity contribution in [3.63, 3.8) is 0 Å². The average Bonchev–Trinajstić information content (AvgIpc) is 3.60. The Morgan fingerprint density at radius 2 is 0.508 bits per heavy atom. The van der Waals surface area contributed by atoms with Crippen LogP contribution in [0.3, 0.4) is 0 Å². The lowest BCUT2D eigenvalue weighted by atomic mass is 9.82. The van der Waals surface area contributed by atoms with Gasteiger partial charge in [0.25, 0.3) is 0 Å². The Morgan fingerprint density at radius 3 is 0.892 bits per heavy atom. The van der Waals surface area contributed by atoms with Gasteiger partial charge in [-0.2, -0.15) is 0 Å². The van der Waals surface area contributed by atoms with Crippen LogP contribution in [0.5, 0.6) is 0 Å². The van der Waals surface area contributed by atoms with Crippen LogP contribution in [0.15, 0.2) is 255 Å². The van der Waals surface area contributed by atoms with Gasteiger partial charge in [0.15, 0.2) is 0 Å². The molecule has 2 heteroatoms. The summed E-state index contributed by atoms with van der Waals surface area (Å²) in [5.74, 6) is 0. The standard InChI is InChI=1S/C63H48N2/c1-63(2)61-43-57(64(53-24-13-6-14-25-53)54-36-30-50(31-37-54)52-23-15-22-51(42-52)47-20-11-5-12-21-47)38-40-59(61)60-41-39-58(44-62(60)63)65(55-32-26-48(27-33-55)45-16-7-3-8-17-45)56-34-28-49(29-35-56)46-18-9-4-10-19-46/h3-44H,1-2H3. The van der Waals surface area contributed by atoms with Gasteiger partial charge in [0.1, 0.15) is 0 Å². The van der Waals surface area contributed by atoms with Crippen molar-refractivity contribution in [2.24, 2.45) is 0 Å². The monoisotopic (exact) mass is 832 g/mol. The molecule has 11 rings (SSSR count). The van der Waals surface area contributed by atoms with Crippen molar-refractivity contribution in [1.82, 2.24) is 0 Å². The first-order valence-corrected chi connectivity index (χ1v) is 22.5. The first-order valence-electron chi connectivity index (χ1n) is 22.5. The van der Waals surface area contributed by atoms with Gasteiger partial charge in [-0.25, -0.2) is 0 Å². The molecule has 0 saturated heterocycles. The van der Waals surface area contributed by atoms with Crippen LogP contribution < -0.4 is 9.80 Å². The molecule has 0 saturated carbocycles. The number of rotatable bonds is 10. The Morgan fingerprint density at radius 1 is 0.231 bits per heavy atom. The van der Waals surface area contributed by atoms with Gasteiger partial charge in [-0.15, -0.1) is 0 Å². The normalized spacial score (nSPS) is 12.3. The Labute approximate surface area is 383 Å². The van der Waals surface area contributed by atoms with Crippen LogP contribution in [0.25, 0.3) is 55.6 Å². The van der Waals surface area contributed by atoms with Crippen LogP contribution in [-0.2, 0) is 5.41 Å². The van der Waals surface area contributed by atoms with Crippen molar-refractivity contribution < 1.29 is 0 Å². The second-order valence-corrected chi connectivity index (χ2v) is 17.4. The third kappa shape index (κ3) is 7.60. The maximum Gasteiger partial charge on any atom is 0.0465 e. The Bertz CT molecular complexity index is 3150. The first kappa shape index (κ1) is 39.6. The summed E-state index contributed by atoms with van der Waals surface area (Å²) in [6, 6.07) is 92.4. The van der Waals surface area contributed by atoms with Gasteiger partial charge >= 0.3 is 0 Å². The number of benzene rings is 10. The van der Waals surface area contributed by atoms with Crippen LogP contribution in [0.4, 0.5) is 34.1 Å². The molecule has 65 heavy (non-hydrogen) atoms. The third-order valence-electron chi connectivity index (χ3n) is 13.1. The maximum absolute atomic E-state index is 2.42. The van der Waals surface area contributed by atoms with E-state index in [2.05, 4.69) is 278 Å². The second-order valence-electron chi connectivity index (χ2n) is 17.4. The quantitative estimate of drug-likeness (QED) is 0.135. The van der Waals surface area contributed by atoms with E-state index in [4.69, 9.17) is 0 Å². The molecule has 0 aromatic heterocycles. The molecule has 0 aliphatic heterocycles. The SMILES string of the molecule is CC1(C)c2cc(N(c3ccccc3)c3ccc(-c4cccc(-c5ccccc5)c4)cc3)ccc2-c2ccc(N(c3ccc(-c4ccccc4)cc3)c3ccc(-c4ccccc4)cc3)cc21. The van der Waals surface area contributed by atoms with Crippen LogP contribution in [-0.4, -0.2) is 0 Å². The molecule has 0 heterocycles. The van der Waals surface area contributed by atoms with Crippen LogP contribution in [0, 0.1) is 0 Å². The summed E-state index contributed by atoms with van der Waals surface area (Å²) in [5, 5.41) is 0. The molecule has 2 nitrogen and oxygen atoms in total. The van der Waals surface area contributed by atoms with Crippen molar-refractivity contribution in [1.29, 1.82) is 0 Å². The van der Waals surface area contributed by atoms with E-state index >= 15 is 0 Å². The predicted molar refractivity (Wildman–Crippen MR) is 275 cm³/mol. The van der Waals surface area contributed by atoms with Crippen molar-refractivity contribution in [3.8, 4) is 55.6 Å². The van der Waals surface area contributed by atoms with E-state index in [0.29, 0.717) is 0 Å². The molecular formula is C63H48N2. The lowest BCUT2D eigenvalue weighted by molar-refractivity contribution is 0.660. The molecule has 0 fully saturated rings. The van der Waals surface area contributed by atoms with E-state index in [1.54, 1.807) is 0 Å². The van der Waals surface area contributed by atoms with Gasteiger partial charge in [-0.3, -0.25) is 0 Å². The van der Waals surface area contributed by atoms with E-state index in [-0.39, 0.29) is 5.41 Å². The minimum absolute atomic E-state index is 0.257. The lowest BCUT2D eigenvalue weighted by Crippen LogP contribution is -2.17. The fourth-order valence-electron chi connectivity index (χ4n) is 9.64. The highest BCUT2D eigenvalue weighted by Gasteiger charge is 2.37. The molecular weight excluding hydrogens is 785 g/mol. The molecule has 310 valence electrons. The van der Waals surface area contributed by atoms with Gasteiger partial charge in [0.2, 0.25) is 0 Å². The summed E-state index contributed by atoms with van der Waals surface area (Å²) in [7, 11) is 0. The minimum atomic E-state index is -0.257. The lowest BCUT2D eigenvalue weighted by Gasteiger charge is -2.29. The molecule has 1 aliphatic rings. The zero-order valence-electron chi connectivity index (χ0n) is 36.6. The van der Waals surface area contributed by atoms with Gasteiger partial charge in [-0.05, 0) is 146 Å². The molecule has 1 aliphatic carbocycles. The van der Waals surface area contributed by atoms with Crippen molar-refractivity contribution in [2.75, 3.05) is 9.80 Å². The smallest absolute Gasteiger partial charge is 0.0465 e. The molecule has 0 radical (unpaired) electrons. The van der Waals surface area contributed by atoms with E-state index in [0.717, 1.165) is 34.1 Å². The highest BCUT2D eigenvalue weighted by Crippen LogP contribution is 2.52. The van der Waals surface area contributed by atoms with Crippen LogP contribution in [0.2, 0.25) is 0 Å². The summed E-state index contributed by atoms with van der Waals surface area (Å²) >= 11 is 0. The first-order chi connectivity index (χ1) is 32.0. The molecule has 0 atom stereocenters. The summed E-state index contributed by atoms with van der Waals surface area (Å²) in [6.07, 6.45) is 0. The van der Waals surface area contributed by atoms with Gasteiger partial charge in [-0.1, -0.05) is 190 Å². The largest absolute Gasteiger partial charge is 0.310 e. The highest BCUT2D eigenvalue weighted by atomic mass is 15.1. The summed E-state index contributed by atoms with van der Waals surface area (Å²) in [5.41, 5.74) is 21.3. The number of hydrogen-bond acceptors (Lipinski definition) is 2. The number of anilines is 6. The average molecular weight is 833 g/mol. The van der Waals surface area contributed by atoms with Gasteiger partial charge in [0, 0.05) is 39.5 Å². The predicted octanol–water partition coefficient (Wildman–Crippen LogP) is 17.6. The third-order valence-corrected chi connectivity index (χ3v) is 13.1. The van der Waals surface area contributed by atoms with Gasteiger partial charge in [0.05, 0.1) is 0 Å². The van der Waals surface area contributed by atoms with E-state index in [1.807, 2.05) is 0 Å². The Balaban J connectivity index is 0.951. The van der Waals surface area contributed by atoms with Crippen molar-refractivity contribution in [3.05, 3.63) is 266 Å². The van der Waals surface area contributed by atoms with Crippen LogP contribution >= 0.6 is 0 Å². The summed E-state index contributed by atoms with van der Waals surface area (Å²) in [6.45, 7) is 4.76. The van der Waals surface area contributed by atoms with E-state index in [9.17, 15) is 0 Å². The zero-order chi connectivity index (χ0) is 43.7. The molecule has 0 spiro atoms. The highest BCUT2D eigenvalue weighted by molar-refractivity contribution is 5.89. The zero-order valence-corrected chi connectivity index (χ0v) is 36.6. The molecule has 0 amide bonds. The second kappa shape index (κ2) is 16.8. The van der Waals surface area contributed by atoms with Crippen molar-refractivity contribution >= 4 is 34.1 Å². The number of fused-ring (bicyclic) bond motifs is 3. The molecule has 0 bridgehead atoms. The fraction of sp³-hybridized carbons (Fsp3) is 0.0476. The molecule has 10 aromatic rings. The van der Waals surface area contributed by atoms with Crippen LogP contribution in [0.1, 0.15) is 25.0 Å². The fourth-order valence-corrected chi connectivity index (χ4v) is 9.64. The van der Waals surface area contributed by atoms with Crippen molar-refractivity contribution in [2.45, 2.75) is 19.3 Å².